The van der Waals surface area contributed by atoms with E-state index in [1.165, 1.54) is 0 Å². The number of para-hydroxylation sites is 3. The molecule has 5 aromatic rings. The first-order valence-corrected chi connectivity index (χ1v) is 12.5. The first-order valence-electron chi connectivity index (χ1n) is 11.4. The zero-order valence-corrected chi connectivity index (χ0v) is 20.4. The van der Waals surface area contributed by atoms with Crippen molar-refractivity contribution in [2.45, 2.75) is 0 Å². The molecule has 36 heavy (non-hydrogen) atoms. The van der Waals surface area contributed by atoms with Gasteiger partial charge in [-0.15, -0.1) is 0 Å². The molecule has 178 valence electrons. The van der Waals surface area contributed by atoms with Crippen LogP contribution < -0.4 is 13.6 Å². The molecule has 5 rings (SSSR count). The molecule has 0 aromatic heterocycles. The minimum atomic E-state index is -1.59. The van der Waals surface area contributed by atoms with Crippen molar-refractivity contribution < 1.29 is 18.4 Å². The molecule has 5 heteroatoms. The molecule has 0 N–H and O–H groups in total. The van der Waals surface area contributed by atoms with Gasteiger partial charge in [0.1, 0.15) is 17.2 Å². The molecule has 5 aromatic carbocycles. The van der Waals surface area contributed by atoms with Crippen LogP contribution in [0.25, 0.3) is 0 Å². The van der Waals surface area contributed by atoms with Gasteiger partial charge in [0, 0.05) is 11.1 Å². The Balaban J connectivity index is 0.000000187. The number of hydrogen-bond donors (Lipinski definition) is 0. The smallest absolute Gasteiger partial charge is 0.409 e. The normalized spacial score (nSPS) is 10.0. The SMILES string of the molecule is O=C(c1ccccc1)c1ccccc1.c1ccc(OP(Oc2ccccc2)Oc2ccccc2)cc1. The topological polar surface area (TPSA) is 44.8 Å². The van der Waals surface area contributed by atoms with E-state index in [0.29, 0.717) is 17.2 Å². The second-order valence-electron chi connectivity index (χ2n) is 7.50. The molecule has 4 nitrogen and oxygen atoms in total. The summed E-state index contributed by atoms with van der Waals surface area (Å²) < 4.78 is 17.5. The van der Waals surface area contributed by atoms with Crippen molar-refractivity contribution in [1.29, 1.82) is 0 Å². The van der Waals surface area contributed by atoms with Crippen molar-refractivity contribution >= 4 is 14.4 Å². The van der Waals surface area contributed by atoms with Gasteiger partial charge >= 0.3 is 8.60 Å². The van der Waals surface area contributed by atoms with E-state index in [4.69, 9.17) is 13.6 Å². The lowest BCUT2D eigenvalue weighted by Gasteiger charge is -2.17. The molecule has 0 amide bonds. The van der Waals surface area contributed by atoms with E-state index in [0.717, 1.165) is 11.1 Å². The van der Waals surface area contributed by atoms with Crippen molar-refractivity contribution in [3.63, 3.8) is 0 Å². The number of rotatable bonds is 8. The Morgan fingerprint density at radius 3 is 0.917 bits per heavy atom. The Morgan fingerprint density at radius 1 is 0.389 bits per heavy atom. The first kappa shape index (κ1) is 24.7. The summed E-state index contributed by atoms with van der Waals surface area (Å²) >= 11 is 0. The average Bonchev–Trinajstić information content (AvgIpc) is 2.96. The van der Waals surface area contributed by atoms with Gasteiger partial charge in [-0.2, -0.15) is 0 Å². The van der Waals surface area contributed by atoms with Crippen molar-refractivity contribution in [3.8, 4) is 17.2 Å². The molecule has 0 aliphatic carbocycles. The molecule has 0 saturated heterocycles. The van der Waals surface area contributed by atoms with Gasteiger partial charge in [-0.3, -0.25) is 4.79 Å². The highest BCUT2D eigenvalue weighted by Crippen LogP contribution is 2.41. The monoisotopic (exact) mass is 492 g/mol. The molecule has 0 radical (unpaired) electrons. The lowest BCUT2D eigenvalue weighted by molar-refractivity contribution is 0.103. The maximum atomic E-state index is 11.8. The Kier molecular flexibility index (Phi) is 9.25. The van der Waals surface area contributed by atoms with Gasteiger partial charge in [0.05, 0.1) is 0 Å². The van der Waals surface area contributed by atoms with Gasteiger partial charge in [0.2, 0.25) is 0 Å². The van der Waals surface area contributed by atoms with E-state index >= 15 is 0 Å². The highest BCUT2D eigenvalue weighted by atomic mass is 31.2. The van der Waals surface area contributed by atoms with E-state index in [2.05, 4.69) is 0 Å². The van der Waals surface area contributed by atoms with E-state index in [1.807, 2.05) is 152 Å². The third-order valence-electron chi connectivity index (χ3n) is 4.84. The van der Waals surface area contributed by atoms with Crippen LogP contribution in [0.1, 0.15) is 15.9 Å². The third-order valence-corrected chi connectivity index (χ3v) is 5.92. The molecular weight excluding hydrogens is 467 g/mol. The molecule has 0 saturated carbocycles. The quantitative estimate of drug-likeness (QED) is 0.161. The van der Waals surface area contributed by atoms with Crippen LogP contribution in [0, 0.1) is 0 Å². The van der Waals surface area contributed by atoms with E-state index in [1.54, 1.807) is 0 Å². The lowest BCUT2D eigenvalue weighted by atomic mass is 10.0. The summed E-state index contributed by atoms with van der Waals surface area (Å²) in [5.74, 6) is 2.20. The van der Waals surface area contributed by atoms with Gasteiger partial charge in [0.15, 0.2) is 5.78 Å². The van der Waals surface area contributed by atoms with Gasteiger partial charge in [-0.1, -0.05) is 115 Å². The zero-order valence-electron chi connectivity index (χ0n) is 19.5. The van der Waals surface area contributed by atoms with Crippen LogP contribution in [-0.2, 0) is 0 Å². The molecule has 0 aliphatic heterocycles. The predicted molar refractivity (Wildman–Crippen MR) is 144 cm³/mol. The summed E-state index contributed by atoms with van der Waals surface area (Å²) in [6.45, 7) is 0. The van der Waals surface area contributed by atoms with Gasteiger partial charge in [-0.05, 0) is 36.4 Å². The van der Waals surface area contributed by atoms with Crippen LogP contribution >= 0.6 is 8.60 Å². The standard InChI is InChI=1S/C18H15O3P.C13H10O/c1-4-10-16(11-5-1)19-22(20-17-12-6-2-7-13-17)21-18-14-8-3-9-15-18;14-13(11-7-3-1-4-8-11)12-9-5-2-6-10-12/h1-15H;1-10H. The van der Waals surface area contributed by atoms with Crippen molar-refractivity contribution in [1.82, 2.24) is 0 Å². The van der Waals surface area contributed by atoms with Crippen LogP contribution in [-0.4, -0.2) is 5.78 Å². The minimum Gasteiger partial charge on any atom is -0.409 e. The Morgan fingerprint density at radius 2 is 0.639 bits per heavy atom. The largest absolute Gasteiger partial charge is 0.530 e. The highest BCUT2D eigenvalue weighted by molar-refractivity contribution is 7.43. The van der Waals surface area contributed by atoms with Crippen LogP contribution in [0.15, 0.2) is 152 Å². The summed E-state index contributed by atoms with van der Waals surface area (Å²) in [4.78, 5) is 11.8. The highest BCUT2D eigenvalue weighted by Gasteiger charge is 2.19. The molecular formula is C31H25O4P. The molecule has 0 bridgehead atoms. The number of benzene rings is 5. The van der Waals surface area contributed by atoms with Crippen LogP contribution in [0.5, 0.6) is 17.2 Å². The van der Waals surface area contributed by atoms with Crippen molar-refractivity contribution in [2.24, 2.45) is 0 Å². The fourth-order valence-corrected chi connectivity index (χ4v) is 4.10. The zero-order chi connectivity index (χ0) is 24.8. The molecule has 0 heterocycles. The lowest BCUT2D eigenvalue weighted by Crippen LogP contribution is -2.02. The number of hydrogen-bond acceptors (Lipinski definition) is 4. The van der Waals surface area contributed by atoms with Gasteiger partial charge < -0.3 is 13.6 Å². The molecule has 0 aliphatic rings. The summed E-state index contributed by atoms with van der Waals surface area (Å²) in [5, 5.41) is 0. The second kappa shape index (κ2) is 13.5. The molecule has 0 unspecified atom stereocenters. The Bertz CT molecular complexity index is 1160. The summed E-state index contributed by atoms with van der Waals surface area (Å²) in [6, 6.07) is 47.1. The predicted octanol–water partition coefficient (Wildman–Crippen LogP) is 8.37. The minimum absolute atomic E-state index is 0.0752. The average molecular weight is 493 g/mol. The summed E-state index contributed by atoms with van der Waals surface area (Å²) in [5.41, 5.74) is 1.47. The fourth-order valence-electron chi connectivity index (χ4n) is 3.10. The van der Waals surface area contributed by atoms with E-state index in [9.17, 15) is 4.79 Å². The van der Waals surface area contributed by atoms with E-state index in [-0.39, 0.29) is 5.78 Å². The Labute approximate surface area is 212 Å². The van der Waals surface area contributed by atoms with Gasteiger partial charge in [-0.25, -0.2) is 0 Å². The van der Waals surface area contributed by atoms with Crippen molar-refractivity contribution in [2.75, 3.05) is 0 Å². The van der Waals surface area contributed by atoms with Crippen LogP contribution in [0.2, 0.25) is 0 Å². The second-order valence-corrected chi connectivity index (χ2v) is 8.49. The van der Waals surface area contributed by atoms with E-state index < -0.39 is 8.60 Å². The van der Waals surface area contributed by atoms with Gasteiger partial charge in [0.25, 0.3) is 0 Å². The fraction of sp³-hybridized carbons (Fsp3) is 0. The maximum absolute atomic E-state index is 11.8. The number of carbonyl (C=O) groups excluding carboxylic acids is 1. The summed E-state index contributed by atoms with van der Waals surface area (Å²) in [6.07, 6.45) is 0. The molecule has 0 atom stereocenters. The van der Waals surface area contributed by atoms with Crippen molar-refractivity contribution in [3.05, 3.63) is 163 Å². The number of carbonyl (C=O) groups is 1. The molecule has 0 fully saturated rings. The van der Waals surface area contributed by atoms with Crippen LogP contribution in [0.4, 0.5) is 0 Å². The summed E-state index contributed by atoms with van der Waals surface area (Å²) in [7, 11) is -1.59. The van der Waals surface area contributed by atoms with Crippen LogP contribution in [0.3, 0.4) is 0 Å². The Hall–Kier alpha value is -4.40. The maximum Gasteiger partial charge on any atom is 0.530 e. The molecule has 0 spiro atoms. The third kappa shape index (κ3) is 7.83. The number of ketones is 1. The first-order chi connectivity index (χ1) is 17.8.